The van der Waals surface area contributed by atoms with E-state index in [2.05, 4.69) is 35.8 Å². The fraction of sp³-hybridized carbons (Fsp3) is 0.900. The van der Waals surface area contributed by atoms with Crippen molar-refractivity contribution < 1.29 is 0 Å². The van der Waals surface area contributed by atoms with Crippen LogP contribution in [-0.4, -0.2) is 31.1 Å². The minimum Gasteiger partial charge on any atom is -0.355 e. The summed E-state index contributed by atoms with van der Waals surface area (Å²) < 4.78 is 0. The number of guanidine groups is 1. The van der Waals surface area contributed by atoms with Gasteiger partial charge in [-0.3, -0.25) is 10.4 Å². The van der Waals surface area contributed by atoms with Crippen molar-refractivity contribution in [1.29, 1.82) is 0 Å². The number of thioether (sulfide) groups is 1. The zero-order chi connectivity index (χ0) is 11.5. The number of unbranched alkanes of at least 4 members (excludes halogenated alkanes) is 1. The molecule has 0 aromatic carbocycles. The molecule has 0 saturated carbocycles. The average Bonchev–Trinajstić information content (AvgIpc) is 2.23. The van der Waals surface area contributed by atoms with Gasteiger partial charge in [-0.25, -0.2) is 5.84 Å². The van der Waals surface area contributed by atoms with Gasteiger partial charge < -0.3 is 5.32 Å². The lowest BCUT2D eigenvalue weighted by atomic mass is 10.2. The van der Waals surface area contributed by atoms with Gasteiger partial charge in [0, 0.05) is 13.1 Å². The fourth-order valence-electron chi connectivity index (χ4n) is 1.12. The molecule has 0 amide bonds. The molecule has 0 heterocycles. The van der Waals surface area contributed by atoms with E-state index < -0.39 is 0 Å². The topological polar surface area (TPSA) is 62.4 Å². The lowest BCUT2D eigenvalue weighted by molar-refractivity contribution is 0.664. The van der Waals surface area contributed by atoms with E-state index >= 15 is 0 Å². The summed E-state index contributed by atoms with van der Waals surface area (Å²) in [6, 6.07) is 0. The molecule has 4 nitrogen and oxygen atoms in total. The van der Waals surface area contributed by atoms with Crippen LogP contribution in [0.2, 0.25) is 0 Å². The van der Waals surface area contributed by atoms with Crippen molar-refractivity contribution in [1.82, 2.24) is 10.7 Å². The van der Waals surface area contributed by atoms with E-state index in [9.17, 15) is 0 Å². The van der Waals surface area contributed by atoms with Gasteiger partial charge >= 0.3 is 0 Å². The van der Waals surface area contributed by atoms with E-state index in [1.54, 1.807) is 0 Å². The molecule has 0 spiro atoms. The maximum absolute atomic E-state index is 5.37. The largest absolute Gasteiger partial charge is 0.355 e. The second-order valence-electron chi connectivity index (χ2n) is 3.67. The summed E-state index contributed by atoms with van der Waals surface area (Å²) in [5, 5.41) is 3.17. The second-order valence-corrected chi connectivity index (χ2v) is 4.59. The van der Waals surface area contributed by atoms with Gasteiger partial charge in [0.1, 0.15) is 0 Å². The summed E-state index contributed by atoms with van der Waals surface area (Å²) in [6.07, 6.45) is 4.43. The van der Waals surface area contributed by atoms with Crippen molar-refractivity contribution in [2.45, 2.75) is 26.7 Å². The summed E-state index contributed by atoms with van der Waals surface area (Å²) in [5.74, 6) is 7.80. The highest BCUT2D eigenvalue weighted by Gasteiger charge is 2.00. The van der Waals surface area contributed by atoms with Crippen LogP contribution in [0.15, 0.2) is 4.99 Å². The Labute approximate surface area is 97.5 Å². The third-order valence-corrected chi connectivity index (χ3v) is 2.87. The zero-order valence-electron chi connectivity index (χ0n) is 10.0. The number of aliphatic imine (C=N–C) groups is 1. The molecule has 4 N–H and O–H groups in total. The molecule has 0 aromatic rings. The summed E-state index contributed by atoms with van der Waals surface area (Å²) in [4.78, 5) is 4.39. The SMILES string of the molecule is CCCCNC(=NCC(C)CSC)NN. The maximum Gasteiger partial charge on any atom is 0.205 e. The Morgan fingerprint density at radius 3 is 2.80 bits per heavy atom. The van der Waals surface area contributed by atoms with Gasteiger partial charge in [-0.15, -0.1) is 0 Å². The van der Waals surface area contributed by atoms with Gasteiger partial charge in [0.25, 0.3) is 0 Å². The molecule has 1 unspecified atom stereocenters. The fourth-order valence-corrected chi connectivity index (χ4v) is 1.79. The monoisotopic (exact) mass is 232 g/mol. The van der Waals surface area contributed by atoms with Crippen molar-refractivity contribution in [2.75, 3.05) is 25.1 Å². The Hall–Kier alpha value is -0.420. The van der Waals surface area contributed by atoms with E-state index in [-0.39, 0.29) is 0 Å². The Balaban J connectivity index is 3.77. The molecule has 0 radical (unpaired) electrons. The molecule has 0 bridgehead atoms. The average molecular weight is 232 g/mol. The molecule has 0 rings (SSSR count). The summed E-state index contributed by atoms with van der Waals surface area (Å²) >= 11 is 1.85. The van der Waals surface area contributed by atoms with E-state index in [0.717, 1.165) is 25.3 Å². The molecule has 0 aliphatic heterocycles. The Kier molecular flexibility index (Phi) is 9.83. The molecular formula is C10H24N4S. The number of nitrogens with zero attached hydrogens (tertiary/aromatic N) is 1. The van der Waals surface area contributed by atoms with Crippen molar-refractivity contribution in [3.05, 3.63) is 0 Å². The molecular weight excluding hydrogens is 208 g/mol. The molecule has 0 saturated heterocycles. The number of rotatable bonds is 7. The van der Waals surface area contributed by atoms with Gasteiger partial charge in [0.2, 0.25) is 5.96 Å². The Morgan fingerprint density at radius 1 is 1.53 bits per heavy atom. The van der Waals surface area contributed by atoms with E-state index in [1.165, 1.54) is 6.42 Å². The van der Waals surface area contributed by atoms with Crippen LogP contribution in [0.5, 0.6) is 0 Å². The highest BCUT2D eigenvalue weighted by Crippen LogP contribution is 2.04. The minimum absolute atomic E-state index is 0.594. The lowest BCUT2D eigenvalue weighted by Crippen LogP contribution is -2.42. The van der Waals surface area contributed by atoms with Crippen molar-refractivity contribution in [3.8, 4) is 0 Å². The quantitative estimate of drug-likeness (QED) is 0.203. The number of hydrazine groups is 1. The van der Waals surface area contributed by atoms with Crippen LogP contribution < -0.4 is 16.6 Å². The second kappa shape index (κ2) is 10.1. The number of hydrogen-bond donors (Lipinski definition) is 3. The molecule has 15 heavy (non-hydrogen) atoms. The Bertz CT molecular complexity index is 173. The predicted molar refractivity (Wildman–Crippen MR) is 70.1 cm³/mol. The predicted octanol–water partition coefficient (Wildman–Crippen LogP) is 1.19. The zero-order valence-corrected chi connectivity index (χ0v) is 10.9. The molecule has 0 fully saturated rings. The smallest absolute Gasteiger partial charge is 0.205 e. The van der Waals surface area contributed by atoms with Crippen LogP contribution in [0.3, 0.4) is 0 Å². The summed E-state index contributed by atoms with van der Waals surface area (Å²) in [6.45, 7) is 6.10. The van der Waals surface area contributed by atoms with E-state index in [1.807, 2.05) is 11.8 Å². The van der Waals surface area contributed by atoms with Crippen molar-refractivity contribution >= 4 is 17.7 Å². The van der Waals surface area contributed by atoms with E-state index in [0.29, 0.717) is 11.9 Å². The number of nitrogens with two attached hydrogens (primary N) is 1. The van der Waals surface area contributed by atoms with Gasteiger partial charge in [-0.1, -0.05) is 20.3 Å². The summed E-state index contributed by atoms with van der Waals surface area (Å²) in [7, 11) is 0. The van der Waals surface area contributed by atoms with Crippen molar-refractivity contribution in [3.63, 3.8) is 0 Å². The van der Waals surface area contributed by atoms with Crippen LogP contribution in [0.4, 0.5) is 0 Å². The first-order chi connectivity index (χ1) is 7.24. The number of nitrogens with one attached hydrogen (secondary N) is 2. The van der Waals surface area contributed by atoms with Gasteiger partial charge in [0.15, 0.2) is 0 Å². The molecule has 0 aliphatic rings. The first-order valence-corrected chi connectivity index (χ1v) is 6.87. The van der Waals surface area contributed by atoms with Gasteiger partial charge in [0.05, 0.1) is 0 Å². The van der Waals surface area contributed by atoms with Crippen LogP contribution in [-0.2, 0) is 0 Å². The number of hydrogen-bond acceptors (Lipinski definition) is 3. The Morgan fingerprint density at radius 2 is 2.27 bits per heavy atom. The summed E-state index contributed by atoms with van der Waals surface area (Å²) in [5.41, 5.74) is 2.59. The molecule has 0 aliphatic carbocycles. The van der Waals surface area contributed by atoms with Crippen LogP contribution in [0, 0.1) is 5.92 Å². The van der Waals surface area contributed by atoms with Crippen LogP contribution in [0.25, 0.3) is 0 Å². The third-order valence-electron chi connectivity index (χ3n) is 1.97. The van der Waals surface area contributed by atoms with Crippen LogP contribution in [0.1, 0.15) is 26.7 Å². The van der Waals surface area contributed by atoms with Crippen molar-refractivity contribution in [2.24, 2.45) is 16.8 Å². The normalized spacial score (nSPS) is 13.7. The highest BCUT2D eigenvalue weighted by atomic mass is 32.2. The minimum atomic E-state index is 0.594. The van der Waals surface area contributed by atoms with Gasteiger partial charge in [-0.2, -0.15) is 11.8 Å². The maximum atomic E-state index is 5.37. The van der Waals surface area contributed by atoms with Gasteiger partial charge in [-0.05, 0) is 24.3 Å². The first kappa shape index (κ1) is 14.6. The highest BCUT2D eigenvalue weighted by molar-refractivity contribution is 7.98. The molecule has 0 aromatic heterocycles. The molecule has 90 valence electrons. The van der Waals surface area contributed by atoms with Crippen LogP contribution >= 0.6 is 11.8 Å². The molecule has 5 heteroatoms. The first-order valence-electron chi connectivity index (χ1n) is 5.48. The lowest BCUT2D eigenvalue weighted by Gasteiger charge is -2.10. The molecule has 1 atom stereocenters. The third kappa shape index (κ3) is 8.57. The standard InChI is InChI=1S/C10H24N4S/c1-4-5-6-12-10(14-11)13-7-9(2)8-15-3/h9H,4-8,11H2,1-3H3,(H2,12,13,14). The van der Waals surface area contributed by atoms with E-state index in [4.69, 9.17) is 5.84 Å².